The van der Waals surface area contributed by atoms with Crippen molar-refractivity contribution in [2.45, 2.75) is 65.6 Å². The fourth-order valence-electron chi connectivity index (χ4n) is 4.00. The minimum absolute atomic E-state index is 0.252. The standard InChI is InChI=1S/C31H36N4O6/c1-30(2,3)40-28(38)34-24-11-10-22(21-12-14-35(15-13-21)29(39)41-31(4,5)6)17-25(24)33-27(37)18-26(36)23-9-7-8-20(16-23)19-32/h7-12,16-17H,13-15,18H2,1-6H3,(H,33,37)(H,34,38). The molecule has 0 aliphatic carbocycles. The molecule has 216 valence electrons. The minimum Gasteiger partial charge on any atom is -0.444 e. The topological polar surface area (TPSA) is 138 Å². The van der Waals surface area contributed by atoms with Gasteiger partial charge < -0.3 is 19.7 Å². The van der Waals surface area contributed by atoms with E-state index >= 15 is 0 Å². The second-order valence-electron chi connectivity index (χ2n) is 11.6. The van der Waals surface area contributed by atoms with Crippen LogP contribution >= 0.6 is 0 Å². The molecule has 0 atom stereocenters. The maximum absolute atomic E-state index is 12.9. The summed E-state index contributed by atoms with van der Waals surface area (Å²) in [5.74, 6) is -1.04. The van der Waals surface area contributed by atoms with Crippen molar-refractivity contribution in [3.8, 4) is 6.07 Å². The minimum atomic E-state index is -0.731. The fraction of sp³-hybridized carbons (Fsp3) is 0.387. The molecule has 3 rings (SSSR count). The zero-order valence-corrected chi connectivity index (χ0v) is 24.3. The Hall–Kier alpha value is -4.65. The van der Waals surface area contributed by atoms with E-state index in [1.807, 2.05) is 32.9 Å². The van der Waals surface area contributed by atoms with E-state index in [0.717, 1.165) is 11.1 Å². The van der Waals surface area contributed by atoms with Gasteiger partial charge in [0.2, 0.25) is 5.91 Å². The number of ketones is 1. The summed E-state index contributed by atoms with van der Waals surface area (Å²) in [5, 5.41) is 14.5. The van der Waals surface area contributed by atoms with Crippen LogP contribution in [0.25, 0.3) is 5.57 Å². The molecule has 10 nitrogen and oxygen atoms in total. The lowest BCUT2D eigenvalue weighted by atomic mass is 9.98. The zero-order chi connectivity index (χ0) is 30.4. The third-order valence-corrected chi connectivity index (χ3v) is 5.80. The Morgan fingerprint density at radius 1 is 0.927 bits per heavy atom. The lowest BCUT2D eigenvalue weighted by Crippen LogP contribution is -2.39. The highest BCUT2D eigenvalue weighted by molar-refractivity contribution is 6.12. The van der Waals surface area contributed by atoms with Crippen LogP contribution in [0.15, 0.2) is 48.5 Å². The van der Waals surface area contributed by atoms with Crippen LogP contribution in [0, 0.1) is 11.3 Å². The summed E-state index contributed by atoms with van der Waals surface area (Å²) in [6.45, 7) is 11.5. The van der Waals surface area contributed by atoms with Gasteiger partial charge in [-0.2, -0.15) is 5.26 Å². The molecule has 10 heteroatoms. The maximum Gasteiger partial charge on any atom is 0.412 e. The molecular formula is C31H36N4O6. The van der Waals surface area contributed by atoms with Crippen molar-refractivity contribution >= 4 is 40.8 Å². The molecule has 1 heterocycles. The SMILES string of the molecule is CC(C)(C)OC(=O)Nc1ccc(C2=CCN(C(=O)OC(C)(C)C)CC2)cc1NC(=O)CC(=O)c1cccc(C#N)c1. The van der Waals surface area contributed by atoms with Crippen molar-refractivity contribution in [1.29, 1.82) is 5.26 Å². The van der Waals surface area contributed by atoms with Crippen LogP contribution < -0.4 is 10.6 Å². The molecule has 0 radical (unpaired) electrons. The molecule has 41 heavy (non-hydrogen) atoms. The molecule has 1 aliphatic rings. The molecule has 0 saturated heterocycles. The van der Waals surface area contributed by atoms with Gasteiger partial charge in [-0.25, -0.2) is 9.59 Å². The summed E-state index contributed by atoms with van der Waals surface area (Å²) in [5.41, 5.74) is 1.56. The predicted octanol–water partition coefficient (Wildman–Crippen LogP) is 6.14. The Labute approximate surface area is 240 Å². The van der Waals surface area contributed by atoms with Crippen molar-refractivity contribution in [1.82, 2.24) is 4.90 Å². The molecule has 1 aliphatic heterocycles. The van der Waals surface area contributed by atoms with E-state index in [1.165, 1.54) is 6.07 Å². The van der Waals surface area contributed by atoms with Crippen LogP contribution in [0.3, 0.4) is 0 Å². The van der Waals surface area contributed by atoms with E-state index in [-0.39, 0.29) is 17.3 Å². The Balaban J connectivity index is 1.81. The number of Topliss-reactive ketones (excluding diaryl/α,β-unsaturated/α-hetero) is 1. The number of nitrogens with one attached hydrogen (secondary N) is 2. The van der Waals surface area contributed by atoms with Crippen molar-refractivity contribution in [3.63, 3.8) is 0 Å². The Bertz CT molecular complexity index is 1410. The quantitative estimate of drug-likeness (QED) is 0.320. The summed E-state index contributed by atoms with van der Waals surface area (Å²) in [6.07, 6.45) is 0.927. The van der Waals surface area contributed by atoms with Crippen LogP contribution in [-0.2, 0) is 14.3 Å². The third kappa shape index (κ3) is 9.49. The fourth-order valence-corrected chi connectivity index (χ4v) is 4.00. The number of nitrogens with zero attached hydrogens (tertiary/aromatic N) is 2. The van der Waals surface area contributed by atoms with E-state index in [9.17, 15) is 19.2 Å². The van der Waals surface area contributed by atoms with Gasteiger partial charge in [-0.05, 0) is 83.4 Å². The largest absolute Gasteiger partial charge is 0.444 e. The lowest BCUT2D eigenvalue weighted by molar-refractivity contribution is -0.115. The number of rotatable bonds is 6. The Morgan fingerprint density at radius 2 is 1.63 bits per heavy atom. The van der Waals surface area contributed by atoms with Gasteiger partial charge in [0.1, 0.15) is 11.2 Å². The number of ether oxygens (including phenoxy) is 2. The number of carbonyl (C=O) groups is 4. The van der Waals surface area contributed by atoms with Crippen LogP contribution in [0.1, 0.15) is 75.9 Å². The highest BCUT2D eigenvalue weighted by Crippen LogP contribution is 2.31. The normalized spacial score (nSPS) is 13.4. The van der Waals surface area contributed by atoms with Gasteiger partial charge in [0.25, 0.3) is 0 Å². The number of benzene rings is 2. The summed E-state index contributed by atoms with van der Waals surface area (Å²) in [7, 11) is 0. The number of amides is 3. The van der Waals surface area contributed by atoms with E-state index in [1.54, 1.807) is 62.1 Å². The van der Waals surface area contributed by atoms with Crippen LogP contribution in [0.4, 0.5) is 21.0 Å². The molecule has 2 N–H and O–H groups in total. The molecular weight excluding hydrogens is 524 g/mol. The highest BCUT2D eigenvalue weighted by atomic mass is 16.6. The Morgan fingerprint density at radius 3 is 2.24 bits per heavy atom. The van der Waals surface area contributed by atoms with Crippen molar-refractivity contribution < 1.29 is 28.7 Å². The van der Waals surface area contributed by atoms with Crippen LogP contribution in [0.2, 0.25) is 0 Å². The van der Waals surface area contributed by atoms with Gasteiger partial charge >= 0.3 is 12.2 Å². The molecule has 3 amide bonds. The number of anilines is 2. The molecule has 0 unspecified atom stereocenters. The van der Waals surface area contributed by atoms with E-state index in [4.69, 9.17) is 14.7 Å². The van der Waals surface area contributed by atoms with Crippen LogP contribution in [0.5, 0.6) is 0 Å². The molecule has 0 fully saturated rings. The number of carbonyl (C=O) groups excluding carboxylic acids is 4. The average Bonchev–Trinajstić information content (AvgIpc) is 2.87. The summed E-state index contributed by atoms with van der Waals surface area (Å²) < 4.78 is 10.8. The van der Waals surface area contributed by atoms with Gasteiger partial charge in [0.15, 0.2) is 5.78 Å². The molecule has 2 aromatic rings. The first-order valence-electron chi connectivity index (χ1n) is 13.3. The second kappa shape index (κ2) is 12.7. The second-order valence-corrected chi connectivity index (χ2v) is 11.6. The smallest absolute Gasteiger partial charge is 0.412 e. The van der Waals surface area contributed by atoms with E-state index < -0.39 is 35.4 Å². The predicted molar refractivity (Wildman–Crippen MR) is 155 cm³/mol. The first kappa shape index (κ1) is 30.9. The maximum atomic E-state index is 12.9. The first-order valence-corrected chi connectivity index (χ1v) is 13.3. The van der Waals surface area contributed by atoms with Gasteiger partial charge in [-0.3, -0.25) is 14.9 Å². The lowest BCUT2D eigenvalue weighted by Gasteiger charge is -2.29. The highest BCUT2D eigenvalue weighted by Gasteiger charge is 2.25. The van der Waals surface area contributed by atoms with Crippen molar-refractivity contribution in [2.24, 2.45) is 0 Å². The van der Waals surface area contributed by atoms with Crippen molar-refractivity contribution in [3.05, 3.63) is 65.2 Å². The summed E-state index contributed by atoms with van der Waals surface area (Å²) in [4.78, 5) is 52.2. The molecule has 0 bridgehead atoms. The first-order chi connectivity index (χ1) is 19.1. The van der Waals surface area contributed by atoms with Gasteiger partial charge in [0, 0.05) is 18.7 Å². The average molecular weight is 561 g/mol. The van der Waals surface area contributed by atoms with Gasteiger partial charge in [-0.15, -0.1) is 0 Å². The molecule has 0 spiro atoms. The number of hydrogen-bond acceptors (Lipinski definition) is 7. The molecule has 0 saturated carbocycles. The van der Waals surface area contributed by atoms with E-state index in [2.05, 4.69) is 10.6 Å². The van der Waals surface area contributed by atoms with Gasteiger partial charge in [0.05, 0.1) is 29.4 Å². The van der Waals surface area contributed by atoms with Crippen molar-refractivity contribution in [2.75, 3.05) is 23.7 Å². The third-order valence-electron chi connectivity index (χ3n) is 5.80. The monoisotopic (exact) mass is 560 g/mol. The number of hydrogen-bond donors (Lipinski definition) is 2. The molecule has 2 aromatic carbocycles. The van der Waals surface area contributed by atoms with Gasteiger partial charge in [-0.1, -0.05) is 24.3 Å². The zero-order valence-electron chi connectivity index (χ0n) is 24.3. The summed E-state index contributed by atoms with van der Waals surface area (Å²) >= 11 is 0. The van der Waals surface area contributed by atoms with Crippen LogP contribution in [-0.4, -0.2) is 53.1 Å². The van der Waals surface area contributed by atoms with E-state index in [0.29, 0.717) is 30.8 Å². The summed E-state index contributed by atoms with van der Waals surface area (Å²) in [6, 6.07) is 13.3. The number of nitriles is 1. The molecule has 0 aromatic heterocycles. The Kier molecular flexibility index (Phi) is 9.55.